The molecule has 1 rings (SSSR count). The van der Waals surface area contributed by atoms with Gasteiger partial charge in [0.15, 0.2) is 12.0 Å². The van der Waals surface area contributed by atoms with Crippen molar-refractivity contribution in [2.24, 2.45) is 5.73 Å². The Balaban J connectivity index is 3.18. The summed E-state index contributed by atoms with van der Waals surface area (Å²) in [6.45, 7) is -0.0913. The summed E-state index contributed by atoms with van der Waals surface area (Å²) in [6.07, 6.45) is -4.77. The number of carbonyl (C=O) groups is 1. The quantitative estimate of drug-likeness (QED) is 0.837. The second kappa shape index (κ2) is 4.67. The average molecular weight is 255 g/mol. The molecule has 8 heteroatoms. The molecule has 0 bridgehead atoms. The molecule has 0 aliphatic carbocycles. The van der Waals surface area contributed by atoms with E-state index in [1.807, 2.05) is 0 Å². The highest BCUT2D eigenvalue weighted by atomic mass is 35.5. The molecule has 1 heterocycles. The summed E-state index contributed by atoms with van der Waals surface area (Å²) in [5.74, 6) is -0.746. The van der Waals surface area contributed by atoms with Crippen LogP contribution in [0.1, 0.15) is 16.2 Å². The highest BCUT2D eigenvalue weighted by molar-refractivity contribution is 6.31. The lowest BCUT2D eigenvalue weighted by Gasteiger charge is -2.11. The van der Waals surface area contributed by atoms with E-state index >= 15 is 0 Å². The van der Waals surface area contributed by atoms with Gasteiger partial charge in [0, 0.05) is 12.6 Å². The summed E-state index contributed by atoms with van der Waals surface area (Å²) >= 11 is 5.58. The summed E-state index contributed by atoms with van der Waals surface area (Å²) in [5.41, 5.74) is 4.85. The van der Waals surface area contributed by atoms with Gasteiger partial charge in [-0.05, 0) is 0 Å². The normalized spacial score (nSPS) is 11.3. The minimum atomic E-state index is -4.91. The number of nitrogens with zero attached hydrogens (tertiary/aromatic N) is 1. The third-order valence-corrected chi connectivity index (χ3v) is 1.90. The predicted molar refractivity (Wildman–Crippen MR) is 49.2 cm³/mol. The highest BCUT2D eigenvalue weighted by Gasteiger charge is 2.32. The van der Waals surface area contributed by atoms with Crippen LogP contribution in [0.25, 0.3) is 0 Å². The van der Waals surface area contributed by atoms with E-state index in [0.29, 0.717) is 0 Å². The number of hydrogen-bond acceptors (Lipinski definition) is 4. The van der Waals surface area contributed by atoms with Gasteiger partial charge < -0.3 is 10.5 Å². The lowest BCUT2D eigenvalue weighted by molar-refractivity contribution is -0.274. The zero-order valence-corrected chi connectivity index (χ0v) is 8.47. The molecule has 16 heavy (non-hydrogen) atoms. The van der Waals surface area contributed by atoms with Gasteiger partial charge in [-0.15, -0.1) is 13.2 Å². The van der Waals surface area contributed by atoms with E-state index < -0.39 is 17.8 Å². The van der Waals surface area contributed by atoms with Crippen LogP contribution in [0.2, 0.25) is 5.02 Å². The minimum absolute atomic E-state index is 0.0904. The second-order valence-electron chi connectivity index (χ2n) is 2.67. The van der Waals surface area contributed by atoms with Crippen LogP contribution in [0.3, 0.4) is 0 Å². The minimum Gasteiger partial charge on any atom is -0.403 e. The number of ether oxygens (including phenoxy) is 1. The van der Waals surface area contributed by atoms with Crippen molar-refractivity contribution < 1.29 is 22.7 Å². The van der Waals surface area contributed by atoms with Crippen LogP contribution in [-0.2, 0) is 6.54 Å². The zero-order chi connectivity index (χ0) is 12.3. The van der Waals surface area contributed by atoms with E-state index in [2.05, 4.69) is 9.72 Å². The summed E-state index contributed by atoms with van der Waals surface area (Å²) in [4.78, 5) is 14.0. The van der Waals surface area contributed by atoms with Gasteiger partial charge in [0.1, 0.15) is 5.69 Å². The van der Waals surface area contributed by atoms with E-state index in [-0.39, 0.29) is 23.5 Å². The molecular weight excluding hydrogens is 249 g/mol. The molecule has 0 fully saturated rings. The molecule has 0 unspecified atom stereocenters. The first-order chi connectivity index (χ1) is 7.37. The maximum Gasteiger partial charge on any atom is 0.573 e. The van der Waals surface area contributed by atoms with Crippen molar-refractivity contribution in [1.82, 2.24) is 4.98 Å². The molecule has 1 aromatic rings. The molecule has 0 aliphatic rings. The molecule has 4 nitrogen and oxygen atoms in total. The number of rotatable bonds is 3. The van der Waals surface area contributed by atoms with Crippen LogP contribution < -0.4 is 10.5 Å². The molecule has 0 atom stereocenters. The number of aldehydes is 1. The number of pyridine rings is 1. The second-order valence-corrected chi connectivity index (χ2v) is 3.08. The Morgan fingerprint density at radius 2 is 2.19 bits per heavy atom. The number of aromatic nitrogens is 1. The molecule has 0 spiro atoms. The number of nitrogens with two attached hydrogens (primary N) is 1. The van der Waals surface area contributed by atoms with Crippen molar-refractivity contribution in [3.05, 3.63) is 22.5 Å². The van der Waals surface area contributed by atoms with Crippen LogP contribution in [0, 0.1) is 0 Å². The molecule has 0 radical (unpaired) electrons. The SMILES string of the molecule is NCc1nc(C=O)c(OC(F)(F)F)cc1Cl. The van der Waals surface area contributed by atoms with E-state index in [4.69, 9.17) is 17.3 Å². The van der Waals surface area contributed by atoms with Gasteiger partial charge in [-0.25, -0.2) is 4.98 Å². The molecular formula is C8H6ClF3N2O2. The highest BCUT2D eigenvalue weighted by Crippen LogP contribution is 2.28. The van der Waals surface area contributed by atoms with E-state index in [9.17, 15) is 18.0 Å². The molecule has 0 saturated carbocycles. The third-order valence-electron chi connectivity index (χ3n) is 1.57. The maximum atomic E-state index is 11.9. The van der Waals surface area contributed by atoms with Crippen molar-refractivity contribution in [2.45, 2.75) is 12.9 Å². The van der Waals surface area contributed by atoms with Crippen LogP contribution in [0.4, 0.5) is 13.2 Å². The number of alkyl halides is 3. The Hall–Kier alpha value is -1.34. The van der Waals surface area contributed by atoms with Gasteiger partial charge in [0.2, 0.25) is 0 Å². The lowest BCUT2D eigenvalue weighted by Crippen LogP contribution is -2.19. The largest absolute Gasteiger partial charge is 0.573 e. The Morgan fingerprint density at radius 3 is 2.62 bits per heavy atom. The van der Waals surface area contributed by atoms with Gasteiger partial charge in [-0.1, -0.05) is 11.6 Å². The number of halogens is 4. The first kappa shape index (κ1) is 12.7. The van der Waals surface area contributed by atoms with Crippen LogP contribution in [0.15, 0.2) is 6.07 Å². The van der Waals surface area contributed by atoms with Crippen LogP contribution >= 0.6 is 11.6 Å². The van der Waals surface area contributed by atoms with Crippen LogP contribution in [0.5, 0.6) is 5.75 Å². The Morgan fingerprint density at radius 1 is 1.56 bits per heavy atom. The van der Waals surface area contributed by atoms with Gasteiger partial charge in [-0.3, -0.25) is 4.79 Å². The van der Waals surface area contributed by atoms with E-state index in [1.165, 1.54) is 0 Å². The molecule has 0 aliphatic heterocycles. The molecule has 0 saturated heterocycles. The van der Waals surface area contributed by atoms with Gasteiger partial charge >= 0.3 is 6.36 Å². The number of hydrogen-bond donors (Lipinski definition) is 1. The molecule has 0 amide bonds. The fraction of sp³-hybridized carbons (Fsp3) is 0.250. The first-order valence-electron chi connectivity index (χ1n) is 3.97. The summed E-state index contributed by atoms with van der Waals surface area (Å²) < 4.78 is 39.4. The smallest absolute Gasteiger partial charge is 0.403 e. The number of carbonyl (C=O) groups excluding carboxylic acids is 1. The van der Waals surface area contributed by atoms with Crippen LogP contribution in [-0.4, -0.2) is 17.6 Å². The molecule has 2 N–H and O–H groups in total. The first-order valence-corrected chi connectivity index (χ1v) is 4.35. The fourth-order valence-electron chi connectivity index (χ4n) is 0.960. The van der Waals surface area contributed by atoms with Crippen molar-refractivity contribution in [1.29, 1.82) is 0 Å². The Labute approximate surface area is 93.2 Å². The molecule has 88 valence electrons. The summed E-state index contributed by atoms with van der Waals surface area (Å²) in [7, 11) is 0. The maximum absolute atomic E-state index is 11.9. The van der Waals surface area contributed by atoms with E-state index in [1.54, 1.807) is 0 Å². The summed E-state index contributed by atoms with van der Waals surface area (Å²) in [6, 6.07) is 0.855. The Bertz CT molecular complexity index is 409. The standard InChI is InChI=1S/C8H6ClF3N2O2/c9-4-1-7(16-8(10,11)12)6(3-15)14-5(4)2-13/h1,3H,2,13H2. The van der Waals surface area contributed by atoms with Crippen molar-refractivity contribution in [3.8, 4) is 5.75 Å². The lowest BCUT2D eigenvalue weighted by atomic mass is 10.3. The fourth-order valence-corrected chi connectivity index (χ4v) is 1.18. The monoisotopic (exact) mass is 254 g/mol. The molecule has 0 aromatic carbocycles. The average Bonchev–Trinajstić information content (AvgIpc) is 2.16. The van der Waals surface area contributed by atoms with E-state index in [0.717, 1.165) is 6.07 Å². The van der Waals surface area contributed by atoms with Gasteiger partial charge in [0.05, 0.1) is 10.7 Å². The Kier molecular flexibility index (Phi) is 3.71. The van der Waals surface area contributed by atoms with Crippen molar-refractivity contribution in [3.63, 3.8) is 0 Å². The third kappa shape index (κ3) is 3.07. The van der Waals surface area contributed by atoms with Crippen molar-refractivity contribution in [2.75, 3.05) is 0 Å². The van der Waals surface area contributed by atoms with Crippen molar-refractivity contribution >= 4 is 17.9 Å². The zero-order valence-electron chi connectivity index (χ0n) is 7.71. The predicted octanol–water partition coefficient (Wildman–Crippen LogP) is 1.90. The topological polar surface area (TPSA) is 65.2 Å². The summed E-state index contributed by atoms with van der Waals surface area (Å²) in [5, 5.41) is -0.0904. The van der Waals surface area contributed by atoms with Gasteiger partial charge in [0.25, 0.3) is 0 Å². The van der Waals surface area contributed by atoms with Gasteiger partial charge in [-0.2, -0.15) is 0 Å². The molecule has 1 aromatic heterocycles.